The molecule has 9 nitrogen and oxygen atoms in total. The number of phosphoric acid groups is 1. The molecule has 0 aliphatic carbocycles. The largest absolute Gasteiger partial charge is 0.756 e. The van der Waals surface area contributed by atoms with Gasteiger partial charge in [0.05, 0.1) is 33.8 Å². The molecule has 0 aromatic heterocycles. The highest BCUT2D eigenvalue weighted by molar-refractivity contribution is 7.45. The van der Waals surface area contributed by atoms with Crippen LogP contribution in [0, 0.1) is 0 Å². The number of hydrogen-bond acceptors (Lipinski definition) is 7. The molecule has 0 heterocycles. The summed E-state index contributed by atoms with van der Waals surface area (Å²) in [5.74, 6) is -0.577. The molecule has 3 unspecified atom stereocenters. The van der Waals surface area contributed by atoms with Gasteiger partial charge in [0.2, 0.25) is 5.91 Å². The average Bonchev–Trinajstić information content (AvgIpc) is 3.29. The van der Waals surface area contributed by atoms with E-state index in [0.29, 0.717) is 23.9 Å². The summed E-state index contributed by atoms with van der Waals surface area (Å²) in [5.41, 5.74) is 0. The lowest BCUT2D eigenvalue weighted by Gasteiger charge is -2.30. The highest BCUT2D eigenvalue weighted by atomic mass is 31.2. The molecule has 0 bridgehead atoms. The van der Waals surface area contributed by atoms with Crippen LogP contribution in [0.15, 0.2) is 60.8 Å². The average molecular weight is 975 g/mol. The zero-order valence-corrected chi connectivity index (χ0v) is 45.9. The van der Waals surface area contributed by atoms with Crippen LogP contribution in [0.4, 0.5) is 0 Å². The third-order valence-electron chi connectivity index (χ3n) is 12.2. The van der Waals surface area contributed by atoms with E-state index < -0.39 is 26.6 Å². The standard InChI is InChI=1S/C58H107N2O7P/c1-7-10-13-16-19-22-25-28-30-31-32-35-38-41-44-47-50-57(61)59-55(54-66-68(63,64)65-53-52-60(4,5)6)56(49-46-43-40-37-34-27-24-21-18-15-12-9-3)67-58(62)51-48-45-42-39-36-33-29-26-23-20-17-14-11-8-2/h11,14,20,23,29-31,33,46,49,55-56H,7-10,12-13,15-19,21-22,24-28,32,34-45,47-48,50-54H2,1-6H3,(H-,59,61,63,64)/b14-11+,23-20+,31-30+,33-29+,49-46+. The number of likely N-dealkylation sites (N-methyl/N-ethyl adjacent to an activating group) is 1. The lowest BCUT2D eigenvalue weighted by atomic mass is 10.0. The number of nitrogens with one attached hydrogen (secondary N) is 1. The topological polar surface area (TPSA) is 114 Å². The van der Waals surface area contributed by atoms with Crippen molar-refractivity contribution in [2.24, 2.45) is 0 Å². The number of carbonyl (C=O) groups excluding carboxylic acids is 2. The van der Waals surface area contributed by atoms with E-state index in [1.165, 1.54) is 103 Å². The Morgan fingerprint density at radius 2 is 0.941 bits per heavy atom. The van der Waals surface area contributed by atoms with Crippen molar-refractivity contribution in [2.75, 3.05) is 40.9 Å². The molecular formula is C58H107N2O7P. The molecule has 396 valence electrons. The van der Waals surface area contributed by atoms with Gasteiger partial charge < -0.3 is 28.5 Å². The molecule has 0 aromatic rings. The summed E-state index contributed by atoms with van der Waals surface area (Å²) in [5, 5.41) is 3.01. The third-order valence-corrected chi connectivity index (χ3v) is 13.1. The molecule has 1 N–H and O–H groups in total. The Labute approximate surface area is 420 Å². The highest BCUT2D eigenvalue weighted by Gasteiger charge is 2.27. The minimum absolute atomic E-state index is 0.0289. The number of unbranched alkanes of at least 4 members (excludes halogenated alkanes) is 26. The Morgan fingerprint density at radius 3 is 1.43 bits per heavy atom. The summed E-state index contributed by atoms with van der Waals surface area (Å²) >= 11 is 0. The van der Waals surface area contributed by atoms with Crippen LogP contribution in [0.25, 0.3) is 0 Å². The van der Waals surface area contributed by atoms with Crippen molar-refractivity contribution < 1.29 is 37.3 Å². The van der Waals surface area contributed by atoms with Crippen molar-refractivity contribution in [3.63, 3.8) is 0 Å². The van der Waals surface area contributed by atoms with Gasteiger partial charge in [-0.15, -0.1) is 0 Å². The quantitative estimate of drug-likeness (QED) is 0.0212. The number of carbonyl (C=O) groups is 2. The molecule has 0 fully saturated rings. The molecule has 0 aromatic carbocycles. The fourth-order valence-electron chi connectivity index (χ4n) is 7.82. The fraction of sp³-hybridized carbons (Fsp3) is 0.793. The number of rotatable bonds is 50. The second kappa shape index (κ2) is 48.3. The maximum Gasteiger partial charge on any atom is 0.306 e. The Morgan fingerprint density at radius 1 is 0.529 bits per heavy atom. The van der Waals surface area contributed by atoms with E-state index in [9.17, 15) is 19.0 Å². The monoisotopic (exact) mass is 975 g/mol. The number of ether oxygens (including phenoxy) is 1. The molecule has 1 amide bonds. The third kappa shape index (κ3) is 48.7. The van der Waals surface area contributed by atoms with E-state index in [4.69, 9.17) is 13.8 Å². The summed E-state index contributed by atoms with van der Waals surface area (Å²) in [6.45, 7) is 6.70. The first-order valence-electron chi connectivity index (χ1n) is 28.1. The molecule has 10 heteroatoms. The Bertz CT molecular complexity index is 1350. The molecule has 0 spiro atoms. The van der Waals surface area contributed by atoms with Crippen molar-refractivity contribution in [2.45, 2.75) is 258 Å². The molecule has 0 aliphatic heterocycles. The Kier molecular flexibility index (Phi) is 46.7. The van der Waals surface area contributed by atoms with Gasteiger partial charge >= 0.3 is 5.97 Å². The number of nitrogens with zero attached hydrogens (tertiary/aromatic N) is 1. The SMILES string of the molecule is CC/C=C/C/C=C/C/C=C/CCCCCCC(=O)OC(/C=C/CCCCCCCCCCCC)C(COP(=O)([O-])OCC[N+](C)(C)C)NC(=O)CCCCCCC/C=C/CCCCCCCCC. The van der Waals surface area contributed by atoms with Crippen LogP contribution < -0.4 is 10.2 Å². The van der Waals surface area contributed by atoms with Gasteiger partial charge in [-0.1, -0.05) is 204 Å². The van der Waals surface area contributed by atoms with Crippen LogP contribution in [-0.2, 0) is 27.9 Å². The van der Waals surface area contributed by atoms with Crippen molar-refractivity contribution in [1.82, 2.24) is 5.32 Å². The molecule has 3 atom stereocenters. The molecule has 0 saturated carbocycles. The van der Waals surface area contributed by atoms with Crippen molar-refractivity contribution in [3.8, 4) is 0 Å². The van der Waals surface area contributed by atoms with Crippen LogP contribution in [0.1, 0.15) is 245 Å². The first kappa shape index (κ1) is 65.7. The Balaban J connectivity index is 5.41. The second-order valence-electron chi connectivity index (χ2n) is 20.1. The molecule has 0 rings (SSSR count). The van der Waals surface area contributed by atoms with Crippen molar-refractivity contribution >= 4 is 19.7 Å². The van der Waals surface area contributed by atoms with Gasteiger partial charge in [0.1, 0.15) is 19.3 Å². The van der Waals surface area contributed by atoms with Gasteiger partial charge in [-0.3, -0.25) is 14.2 Å². The Hall–Kier alpha value is -2.29. The number of allylic oxidation sites excluding steroid dienone is 9. The highest BCUT2D eigenvalue weighted by Crippen LogP contribution is 2.38. The maximum atomic E-state index is 13.5. The predicted molar refractivity (Wildman–Crippen MR) is 289 cm³/mol. The van der Waals surface area contributed by atoms with Gasteiger partial charge in [-0.25, -0.2) is 0 Å². The van der Waals surface area contributed by atoms with Gasteiger partial charge in [0.25, 0.3) is 7.82 Å². The molecule has 0 saturated heterocycles. The number of hydrogen-bond donors (Lipinski definition) is 1. The van der Waals surface area contributed by atoms with Crippen molar-refractivity contribution in [1.29, 1.82) is 0 Å². The summed E-state index contributed by atoms with van der Waals surface area (Å²) < 4.78 is 30.2. The van der Waals surface area contributed by atoms with Crippen LogP contribution >= 0.6 is 7.82 Å². The van der Waals surface area contributed by atoms with Crippen LogP contribution in [0.2, 0.25) is 0 Å². The van der Waals surface area contributed by atoms with Gasteiger partial charge in [-0.05, 0) is 89.5 Å². The maximum absolute atomic E-state index is 13.5. The summed E-state index contributed by atoms with van der Waals surface area (Å²) in [6.07, 6.45) is 59.0. The lowest BCUT2D eigenvalue weighted by molar-refractivity contribution is -0.870. The van der Waals surface area contributed by atoms with Gasteiger partial charge in [0.15, 0.2) is 0 Å². The smallest absolute Gasteiger partial charge is 0.306 e. The lowest BCUT2D eigenvalue weighted by Crippen LogP contribution is -2.47. The van der Waals surface area contributed by atoms with Crippen molar-refractivity contribution in [3.05, 3.63) is 60.8 Å². The van der Waals surface area contributed by atoms with Crippen LogP contribution in [0.3, 0.4) is 0 Å². The first-order chi connectivity index (χ1) is 32.9. The molecule has 68 heavy (non-hydrogen) atoms. The summed E-state index contributed by atoms with van der Waals surface area (Å²) in [7, 11) is 1.16. The summed E-state index contributed by atoms with van der Waals surface area (Å²) in [4.78, 5) is 39.8. The molecule has 0 aliphatic rings. The minimum Gasteiger partial charge on any atom is -0.756 e. The van der Waals surface area contributed by atoms with Gasteiger partial charge in [-0.2, -0.15) is 0 Å². The van der Waals surface area contributed by atoms with E-state index in [0.717, 1.165) is 103 Å². The minimum atomic E-state index is -4.70. The van der Waals surface area contributed by atoms with E-state index in [-0.39, 0.29) is 24.9 Å². The first-order valence-corrected chi connectivity index (χ1v) is 29.6. The normalized spacial score (nSPS) is 14.3. The van der Waals surface area contributed by atoms with Gasteiger partial charge in [0, 0.05) is 12.8 Å². The van der Waals surface area contributed by atoms with Crippen LogP contribution in [-0.4, -0.2) is 69.4 Å². The zero-order valence-electron chi connectivity index (χ0n) is 45.1. The predicted octanol–water partition coefficient (Wildman–Crippen LogP) is 16.1. The van der Waals surface area contributed by atoms with Crippen LogP contribution in [0.5, 0.6) is 0 Å². The fourth-order valence-corrected chi connectivity index (χ4v) is 8.55. The second-order valence-corrected chi connectivity index (χ2v) is 21.5. The molecule has 0 radical (unpaired) electrons. The van der Waals surface area contributed by atoms with E-state index >= 15 is 0 Å². The van der Waals surface area contributed by atoms with E-state index in [1.54, 1.807) is 0 Å². The van der Waals surface area contributed by atoms with E-state index in [2.05, 4.69) is 74.7 Å². The number of quaternary nitrogens is 1. The van der Waals surface area contributed by atoms with E-state index in [1.807, 2.05) is 33.3 Å². The number of phosphoric ester groups is 1. The molecular weight excluding hydrogens is 868 g/mol. The zero-order chi connectivity index (χ0) is 50.1. The number of amides is 1. The summed E-state index contributed by atoms with van der Waals surface area (Å²) in [6, 6.07) is -0.901. The number of esters is 1.